The van der Waals surface area contributed by atoms with Crippen molar-refractivity contribution in [3.05, 3.63) is 53.8 Å². The van der Waals surface area contributed by atoms with Gasteiger partial charge < -0.3 is 16.8 Å². The molecule has 1 amide bonds. The van der Waals surface area contributed by atoms with E-state index in [0.717, 1.165) is 0 Å². The number of benzene rings is 2. The molecule has 0 atom stereocenters. The van der Waals surface area contributed by atoms with Gasteiger partial charge in [0.25, 0.3) is 0 Å². The fourth-order valence-electron chi connectivity index (χ4n) is 1.54. The van der Waals surface area contributed by atoms with Gasteiger partial charge in [-0.3, -0.25) is 4.79 Å². The van der Waals surface area contributed by atoms with Gasteiger partial charge in [-0.2, -0.15) is 0 Å². The molecule has 0 heterocycles. The molecule has 2 aromatic carbocycles. The van der Waals surface area contributed by atoms with Gasteiger partial charge in [0.1, 0.15) is 5.82 Å². The summed E-state index contributed by atoms with van der Waals surface area (Å²) in [5, 5.41) is 2.94. The van der Waals surface area contributed by atoms with Crippen molar-refractivity contribution < 1.29 is 9.18 Å². The number of nitrogens with one attached hydrogen (secondary N) is 1. The number of carbonyl (C=O) groups is 1. The van der Waals surface area contributed by atoms with Crippen molar-refractivity contribution in [2.45, 2.75) is 0 Å². The molecule has 92 valence electrons. The number of amides is 1. The SMILES string of the molecule is NC(=O)c1ccc(N)c(Nc2cccc(F)c2)c1. The third-order valence-electron chi connectivity index (χ3n) is 2.44. The van der Waals surface area contributed by atoms with E-state index in [0.29, 0.717) is 22.6 Å². The van der Waals surface area contributed by atoms with Crippen LogP contribution in [0.15, 0.2) is 42.5 Å². The van der Waals surface area contributed by atoms with Gasteiger partial charge >= 0.3 is 0 Å². The van der Waals surface area contributed by atoms with Gasteiger partial charge in [-0.15, -0.1) is 0 Å². The molecule has 0 unspecified atom stereocenters. The Morgan fingerprint density at radius 1 is 1.17 bits per heavy atom. The van der Waals surface area contributed by atoms with Gasteiger partial charge in [0.2, 0.25) is 5.91 Å². The maximum atomic E-state index is 13.0. The second-order valence-corrected chi connectivity index (χ2v) is 3.80. The lowest BCUT2D eigenvalue weighted by Gasteiger charge is -2.10. The largest absolute Gasteiger partial charge is 0.397 e. The highest BCUT2D eigenvalue weighted by Crippen LogP contribution is 2.24. The normalized spacial score (nSPS) is 10.1. The standard InChI is InChI=1S/C13H12FN3O/c14-9-2-1-3-10(7-9)17-12-6-8(13(16)18)4-5-11(12)15/h1-7,17H,15H2,(H2,16,18). The molecule has 0 saturated heterocycles. The molecule has 0 aliphatic heterocycles. The van der Waals surface area contributed by atoms with E-state index in [1.54, 1.807) is 18.2 Å². The lowest BCUT2D eigenvalue weighted by atomic mass is 10.1. The van der Waals surface area contributed by atoms with Crippen LogP contribution in [0.2, 0.25) is 0 Å². The molecule has 0 radical (unpaired) electrons. The van der Waals surface area contributed by atoms with E-state index in [1.165, 1.54) is 24.3 Å². The van der Waals surface area contributed by atoms with Gasteiger partial charge in [0.05, 0.1) is 11.4 Å². The number of nitrogens with two attached hydrogens (primary N) is 2. The summed E-state index contributed by atoms with van der Waals surface area (Å²) in [4.78, 5) is 11.1. The molecule has 0 fully saturated rings. The Morgan fingerprint density at radius 2 is 1.94 bits per heavy atom. The monoisotopic (exact) mass is 245 g/mol. The summed E-state index contributed by atoms with van der Waals surface area (Å²) in [5.41, 5.74) is 12.8. The topological polar surface area (TPSA) is 81.1 Å². The average Bonchev–Trinajstić information content (AvgIpc) is 2.31. The van der Waals surface area contributed by atoms with Crippen molar-refractivity contribution >= 4 is 23.0 Å². The van der Waals surface area contributed by atoms with E-state index in [9.17, 15) is 9.18 Å². The highest BCUT2D eigenvalue weighted by atomic mass is 19.1. The lowest BCUT2D eigenvalue weighted by Crippen LogP contribution is -2.11. The van der Waals surface area contributed by atoms with Crippen molar-refractivity contribution in [2.24, 2.45) is 5.73 Å². The van der Waals surface area contributed by atoms with Gasteiger partial charge in [-0.05, 0) is 36.4 Å². The van der Waals surface area contributed by atoms with Crippen molar-refractivity contribution in [3.63, 3.8) is 0 Å². The molecule has 0 aromatic heterocycles. The summed E-state index contributed by atoms with van der Waals surface area (Å²) in [6.45, 7) is 0. The predicted molar refractivity (Wildman–Crippen MR) is 69.1 cm³/mol. The molecule has 0 spiro atoms. The molecule has 18 heavy (non-hydrogen) atoms. The van der Waals surface area contributed by atoms with Crippen LogP contribution in [0.4, 0.5) is 21.5 Å². The molecular formula is C13H12FN3O. The molecule has 0 aliphatic carbocycles. The molecule has 2 aromatic rings. The molecule has 5 heteroatoms. The summed E-state index contributed by atoms with van der Waals surface area (Å²) >= 11 is 0. The van der Waals surface area contributed by atoms with Crippen molar-refractivity contribution in [2.75, 3.05) is 11.1 Å². The number of primary amides is 1. The van der Waals surface area contributed by atoms with Crippen molar-refractivity contribution in [3.8, 4) is 0 Å². The predicted octanol–water partition coefficient (Wildman–Crippen LogP) is 2.25. The second kappa shape index (κ2) is 4.75. The summed E-state index contributed by atoms with van der Waals surface area (Å²) in [6.07, 6.45) is 0. The van der Waals surface area contributed by atoms with Crippen LogP contribution in [0.25, 0.3) is 0 Å². The first kappa shape index (κ1) is 11.9. The van der Waals surface area contributed by atoms with Crippen LogP contribution in [0, 0.1) is 5.82 Å². The molecule has 4 nitrogen and oxygen atoms in total. The maximum absolute atomic E-state index is 13.0. The third kappa shape index (κ3) is 2.57. The number of halogens is 1. The average molecular weight is 245 g/mol. The number of hydrogen-bond donors (Lipinski definition) is 3. The second-order valence-electron chi connectivity index (χ2n) is 3.80. The lowest BCUT2D eigenvalue weighted by molar-refractivity contribution is 0.100. The molecule has 0 bridgehead atoms. The molecule has 5 N–H and O–H groups in total. The Hall–Kier alpha value is -2.56. The van der Waals surface area contributed by atoms with E-state index in [2.05, 4.69) is 5.32 Å². The minimum atomic E-state index is -0.544. The minimum Gasteiger partial charge on any atom is -0.397 e. The van der Waals surface area contributed by atoms with E-state index >= 15 is 0 Å². The van der Waals surface area contributed by atoms with Crippen molar-refractivity contribution in [1.82, 2.24) is 0 Å². The summed E-state index contributed by atoms with van der Waals surface area (Å²) in [7, 11) is 0. The van der Waals surface area contributed by atoms with Crippen LogP contribution >= 0.6 is 0 Å². The summed E-state index contributed by atoms with van der Waals surface area (Å²) in [6, 6.07) is 10.6. The first-order valence-electron chi connectivity index (χ1n) is 5.28. The highest BCUT2D eigenvalue weighted by molar-refractivity contribution is 5.95. The van der Waals surface area contributed by atoms with E-state index in [1.807, 2.05) is 0 Å². The number of hydrogen-bond acceptors (Lipinski definition) is 3. The zero-order valence-corrected chi connectivity index (χ0v) is 9.48. The Morgan fingerprint density at radius 3 is 2.61 bits per heavy atom. The Kier molecular flexibility index (Phi) is 3.14. The number of anilines is 3. The van der Waals surface area contributed by atoms with Gasteiger partial charge in [-0.1, -0.05) is 6.07 Å². The fraction of sp³-hybridized carbons (Fsp3) is 0. The quantitative estimate of drug-likeness (QED) is 0.725. The van der Waals surface area contributed by atoms with Gasteiger partial charge in [-0.25, -0.2) is 4.39 Å². The van der Waals surface area contributed by atoms with E-state index in [-0.39, 0.29) is 5.82 Å². The Bertz CT molecular complexity index is 599. The molecular weight excluding hydrogens is 233 g/mol. The van der Waals surface area contributed by atoms with Gasteiger partial charge in [0.15, 0.2) is 0 Å². The van der Waals surface area contributed by atoms with Crippen LogP contribution in [0.5, 0.6) is 0 Å². The third-order valence-corrected chi connectivity index (χ3v) is 2.44. The molecule has 2 rings (SSSR count). The fourth-order valence-corrected chi connectivity index (χ4v) is 1.54. The van der Waals surface area contributed by atoms with Gasteiger partial charge in [0, 0.05) is 11.3 Å². The molecule has 0 aliphatic rings. The van der Waals surface area contributed by atoms with Crippen LogP contribution < -0.4 is 16.8 Å². The smallest absolute Gasteiger partial charge is 0.248 e. The van der Waals surface area contributed by atoms with Crippen LogP contribution in [-0.2, 0) is 0 Å². The zero-order valence-electron chi connectivity index (χ0n) is 9.48. The number of nitrogen functional groups attached to an aromatic ring is 1. The Balaban J connectivity index is 2.33. The Labute approximate surface area is 103 Å². The summed E-state index contributed by atoms with van der Waals surface area (Å²) in [5.74, 6) is -0.901. The maximum Gasteiger partial charge on any atom is 0.248 e. The van der Waals surface area contributed by atoms with E-state index < -0.39 is 5.91 Å². The van der Waals surface area contributed by atoms with E-state index in [4.69, 9.17) is 11.5 Å². The number of rotatable bonds is 3. The van der Waals surface area contributed by atoms with Crippen molar-refractivity contribution in [1.29, 1.82) is 0 Å². The summed E-state index contributed by atoms with van der Waals surface area (Å²) < 4.78 is 13.0. The highest BCUT2D eigenvalue weighted by Gasteiger charge is 2.05. The van der Waals surface area contributed by atoms with Crippen LogP contribution in [-0.4, -0.2) is 5.91 Å². The minimum absolute atomic E-state index is 0.336. The van der Waals surface area contributed by atoms with Crippen LogP contribution in [0.3, 0.4) is 0 Å². The number of carbonyl (C=O) groups excluding carboxylic acids is 1. The van der Waals surface area contributed by atoms with Crippen LogP contribution in [0.1, 0.15) is 10.4 Å². The first-order chi connectivity index (χ1) is 8.56. The first-order valence-corrected chi connectivity index (χ1v) is 5.28. The molecule has 0 saturated carbocycles. The zero-order chi connectivity index (χ0) is 13.1.